The minimum absolute atomic E-state index is 0.445. The summed E-state index contributed by atoms with van der Waals surface area (Å²) in [6, 6.07) is 6.34. The Morgan fingerprint density at radius 1 is 1.40 bits per heavy atom. The van der Waals surface area contributed by atoms with Crippen LogP contribution in [0.25, 0.3) is 0 Å². The van der Waals surface area contributed by atoms with Crippen LogP contribution in [0.5, 0.6) is 5.75 Å². The molecule has 0 fully saturated rings. The van der Waals surface area contributed by atoms with Crippen LogP contribution in [0.2, 0.25) is 0 Å². The van der Waals surface area contributed by atoms with Gasteiger partial charge in [-0.3, -0.25) is 4.79 Å². The number of hydrogen-bond donors (Lipinski definition) is 1. The Labute approximate surface area is 89.0 Å². The normalized spacial score (nSPS) is 11.9. The van der Waals surface area contributed by atoms with Gasteiger partial charge in [-0.25, -0.2) is 0 Å². The molecule has 1 rings (SSSR count). The van der Waals surface area contributed by atoms with Gasteiger partial charge in [0, 0.05) is 0 Å². The van der Waals surface area contributed by atoms with Crippen LogP contribution < -0.4 is 10.5 Å². The summed E-state index contributed by atoms with van der Waals surface area (Å²) in [6.45, 7) is 2.52. The molecule has 0 aliphatic rings. The molecule has 4 nitrogen and oxygen atoms in total. The Balaban J connectivity index is 2.75. The lowest BCUT2D eigenvalue weighted by Crippen LogP contribution is -2.22. The molecule has 0 amide bonds. The van der Waals surface area contributed by atoms with E-state index in [1.165, 1.54) is 7.11 Å². The van der Waals surface area contributed by atoms with Crippen molar-refractivity contribution in [2.75, 3.05) is 13.7 Å². The van der Waals surface area contributed by atoms with Crippen molar-refractivity contribution in [3.8, 4) is 5.75 Å². The molecular weight excluding hydrogens is 194 g/mol. The summed E-state index contributed by atoms with van der Waals surface area (Å²) in [6.07, 6.45) is 0. The molecule has 0 spiro atoms. The minimum atomic E-state index is -0.731. The molecule has 0 aliphatic heterocycles. The SMILES string of the molecule is CCOc1ccc([C@@H](N)C(=O)OC)cc1. The Bertz CT molecular complexity index is 321. The molecule has 0 bridgehead atoms. The van der Waals surface area contributed by atoms with Gasteiger partial charge in [-0.1, -0.05) is 12.1 Å². The molecular formula is C11H15NO3. The van der Waals surface area contributed by atoms with Crippen LogP contribution in [0.1, 0.15) is 18.5 Å². The molecule has 0 unspecified atom stereocenters. The fourth-order valence-electron chi connectivity index (χ4n) is 1.20. The highest BCUT2D eigenvalue weighted by Gasteiger charge is 2.15. The van der Waals surface area contributed by atoms with Crippen molar-refractivity contribution in [3.05, 3.63) is 29.8 Å². The van der Waals surface area contributed by atoms with Gasteiger partial charge in [0.25, 0.3) is 0 Å². The Morgan fingerprint density at radius 2 is 2.00 bits per heavy atom. The van der Waals surface area contributed by atoms with Crippen molar-refractivity contribution < 1.29 is 14.3 Å². The van der Waals surface area contributed by atoms with Gasteiger partial charge in [0.1, 0.15) is 11.8 Å². The van der Waals surface area contributed by atoms with Crippen LogP contribution in [-0.4, -0.2) is 19.7 Å². The van der Waals surface area contributed by atoms with E-state index in [1.807, 2.05) is 6.92 Å². The highest BCUT2D eigenvalue weighted by molar-refractivity contribution is 5.77. The molecule has 0 saturated carbocycles. The van der Waals surface area contributed by atoms with Gasteiger partial charge < -0.3 is 15.2 Å². The van der Waals surface area contributed by atoms with Crippen molar-refractivity contribution in [2.24, 2.45) is 5.73 Å². The van der Waals surface area contributed by atoms with Crippen molar-refractivity contribution in [3.63, 3.8) is 0 Å². The molecule has 0 heterocycles. The van der Waals surface area contributed by atoms with Crippen molar-refractivity contribution in [1.29, 1.82) is 0 Å². The largest absolute Gasteiger partial charge is 0.494 e. The molecule has 1 aromatic carbocycles. The van der Waals surface area contributed by atoms with E-state index in [0.29, 0.717) is 12.2 Å². The second-order valence-electron chi connectivity index (χ2n) is 3.00. The number of rotatable bonds is 4. The van der Waals surface area contributed by atoms with Crippen LogP contribution in [0.15, 0.2) is 24.3 Å². The predicted octanol–water partition coefficient (Wildman–Crippen LogP) is 1.26. The van der Waals surface area contributed by atoms with E-state index in [1.54, 1.807) is 24.3 Å². The fraction of sp³-hybridized carbons (Fsp3) is 0.364. The van der Waals surface area contributed by atoms with Crippen LogP contribution >= 0.6 is 0 Å². The van der Waals surface area contributed by atoms with E-state index in [2.05, 4.69) is 4.74 Å². The third kappa shape index (κ3) is 2.95. The summed E-state index contributed by atoms with van der Waals surface area (Å²) in [4.78, 5) is 11.1. The first-order chi connectivity index (χ1) is 7.19. The van der Waals surface area contributed by atoms with Crippen molar-refractivity contribution in [2.45, 2.75) is 13.0 Å². The first kappa shape index (κ1) is 11.5. The molecule has 0 aromatic heterocycles. The standard InChI is InChI=1S/C11H15NO3/c1-3-15-9-6-4-8(5-7-9)10(12)11(13)14-2/h4-7,10H,3,12H2,1-2H3/t10-/m1/s1. The zero-order valence-corrected chi connectivity index (χ0v) is 8.90. The van der Waals surface area contributed by atoms with Crippen molar-refractivity contribution in [1.82, 2.24) is 0 Å². The molecule has 1 atom stereocenters. The molecule has 2 N–H and O–H groups in total. The summed E-state index contributed by atoms with van der Waals surface area (Å²) >= 11 is 0. The topological polar surface area (TPSA) is 61.5 Å². The van der Waals surface area contributed by atoms with Crippen molar-refractivity contribution >= 4 is 5.97 Å². The highest BCUT2D eigenvalue weighted by atomic mass is 16.5. The Morgan fingerprint density at radius 3 is 2.47 bits per heavy atom. The lowest BCUT2D eigenvalue weighted by Gasteiger charge is -2.10. The van der Waals surface area contributed by atoms with Gasteiger partial charge in [0.05, 0.1) is 13.7 Å². The number of nitrogens with two attached hydrogens (primary N) is 1. The van der Waals surface area contributed by atoms with E-state index < -0.39 is 12.0 Å². The van der Waals surface area contributed by atoms with E-state index in [9.17, 15) is 4.79 Å². The number of ether oxygens (including phenoxy) is 2. The molecule has 4 heteroatoms. The summed E-state index contributed by atoms with van der Waals surface area (Å²) in [7, 11) is 1.32. The van der Waals surface area contributed by atoms with Gasteiger partial charge in [0.15, 0.2) is 0 Å². The Hall–Kier alpha value is -1.55. The number of benzene rings is 1. The number of methoxy groups -OCH3 is 1. The van der Waals surface area contributed by atoms with E-state index in [-0.39, 0.29) is 0 Å². The number of carbonyl (C=O) groups excluding carboxylic acids is 1. The number of hydrogen-bond acceptors (Lipinski definition) is 4. The Kier molecular flexibility index (Phi) is 4.12. The molecule has 0 aliphatic carbocycles. The van der Waals surface area contributed by atoms with Crippen LogP contribution in [-0.2, 0) is 9.53 Å². The maximum Gasteiger partial charge on any atom is 0.327 e. The molecule has 15 heavy (non-hydrogen) atoms. The molecule has 82 valence electrons. The summed E-state index contributed by atoms with van der Waals surface area (Å²) in [5.41, 5.74) is 6.37. The third-order valence-corrected chi connectivity index (χ3v) is 2.01. The van der Waals surface area contributed by atoms with Crippen LogP contribution in [0.3, 0.4) is 0 Å². The first-order valence-corrected chi connectivity index (χ1v) is 4.75. The average Bonchev–Trinajstić information content (AvgIpc) is 2.28. The quantitative estimate of drug-likeness (QED) is 0.758. The zero-order valence-electron chi connectivity index (χ0n) is 8.90. The van der Waals surface area contributed by atoms with Gasteiger partial charge in [-0.15, -0.1) is 0 Å². The summed E-state index contributed by atoms with van der Waals surface area (Å²) < 4.78 is 9.82. The van der Waals surface area contributed by atoms with Gasteiger partial charge in [-0.2, -0.15) is 0 Å². The lowest BCUT2D eigenvalue weighted by atomic mass is 10.1. The molecule has 1 aromatic rings. The highest BCUT2D eigenvalue weighted by Crippen LogP contribution is 2.17. The summed E-state index contributed by atoms with van der Waals surface area (Å²) in [5.74, 6) is 0.317. The fourth-order valence-corrected chi connectivity index (χ4v) is 1.20. The monoisotopic (exact) mass is 209 g/mol. The van der Waals surface area contributed by atoms with E-state index in [0.717, 1.165) is 5.75 Å². The van der Waals surface area contributed by atoms with Gasteiger partial charge in [-0.05, 0) is 24.6 Å². The second-order valence-corrected chi connectivity index (χ2v) is 3.00. The van der Waals surface area contributed by atoms with Gasteiger partial charge >= 0.3 is 5.97 Å². The third-order valence-electron chi connectivity index (χ3n) is 2.01. The minimum Gasteiger partial charge on any atom is -0.494 e. The zero-order chi connectivity index (χ0) is 11.3. The number of carbonyl (C=O) groups is 1. The van der Waals surface area contributed by atoms with E-state index >= 15 is 0 Å². The van der Waals surface area contributed by atoms with Crippen LogP contribution in [0.4, 0.5) is 0 Å². The van der Waals surface area contributed by atoms with E-state index in [4.69, 9.17) is 10.5 Å². The predicted molar refractivity (Wildman–Crippen MR) is 56.6 cm³/mol. The molecule has 0 saturated heterocycles. The second kappa shape index (κ2) is 5.36. The maximum atomic E-state index is 11.1. The van der Waals surface area contributed by atoms with Gasteiger partial charge in [0.2, 0.25) is 0 Å². The number of esters is 1. The maximum absolute atomic E-state index is 11.1. The molecule has 0 radical (unpaired) electrons. The lowest BCUT2D eigenvalue weighted by molar-refractivity contribution is -0.142. The average molecular weight is 209 g/mol. The first-order valence-electron chi connectivity index (χ1n) is 4.75. The van der Waals surface area contributed by atoms with Crippen LogP contribution in [0, 0.1) is 0 Å². The smallest absolute Gasteiger partial charge is 0.327 e. The summed E-state index contributed by atoms with van der Waals surface area (Å²) in [5, 5.41) is 0.